The Morgan fingerprint density at radius 1 is 1.45 bits per heavy atom. The first-order valence-corrected chi connectivity index (χ1v) is 4.28. The number of hydrogen-bond donors (Lipinski definition) is 2. The van der Waals surface area contributed by atoms with Crippen molar-refractivity contribution in [1.82, 2.24) is 5.32 Å². The summed E-state index contributed by atoms with van der Waals surface area (Å²) in [7, 11) is 0. The van der Waals surface area contributed by atoms with Crippen molar-refractivity contribution in [2.75, 3.05) is 13.1 Å². The summed E-state index contributed by atoms with van der Waals surface area (Å²) in [5.41, 5.74) is 5.14. The van der Waals surface area contributed by atoms with Crippen LogP contribution in [0.2, 0.25) is 0 Å². The standard InChI is InChI=1S/C6H14N2O.C2H6/c1-2-5-8-6(9)3-4-7;1-2/h2-5,7H2,1H3,(H,8,9);1-2H3. The van der Waals surface area contributed by atoms with Gasteiger partial charge in [0.05, 0.1) is 0 Å². The molecule has 0 spiro atoms. The smallest absolute Gasteiger partial charge is 0.221 e. The third-order valence-corrected chi connectivity index (χ3v) is 0.944. The summed E-state index contributed by atoms with van der Waals surface area (Å²) in [6.45, 7) is 7.22. The van der Waals surface area contributed by atoms with E-state index in [1.54, 1.807) is 0 Å². The SMILES string of the molecule is CC.CCCNC(=O)CCN. The molecule has 0 aliphatic rings. The highest BCUT2D eigenvalue weighted by atomic mass is 16.1. The van der Waals surface area contributed by atoms with Gasteiger partial charge in [-0.3, -0.25) is 4.79 Å². The highest BCUT2D eigenvalue weighted by Crippen LogP contribution is 1.75. The van der Waals surface area contributed by atoms with Crippen molar-refractivity contribution in [3.8, 4) is 0 Å². The molecule has 3 nitrogen and oxygen atoms in total. The topological polar surface area (TPSA) is 55.1 Å². The van der Waals surface area contributed by atoms with E-state index in [1.807, 2.05) is 20.8 Å². The second-order valence-electron chi connectivity index (χ2n) is 1.89. The number of nitrogens with one attached hydrogen (secondary N) is 1. The summed E-state index contributed by atoms with van der Waals surface area (Å²) in [6.07, 6.45) is 1.43. The van der Waals surface area contributed by atoms with Gasteiger partial charge in [0, 0.05) is 19.5 Å². The monoisotopic (exact) mass is 160 g/mol. The summed E-state index contributed by atoms with van der Waals surface area (Å²) in [6, 6.07) is 0. The Morgan fingerprint density at radius 3 is 2.36 bits per heavy atom. The number of nitrogens with two attached hydrogens (primary N) is 1. The molecule has 0 aromatic rings. The van der Waals surface area contributed by atoms with E-state index in [9.17, 15) is 4.79 Å². The van der Waals surface area contributed by atoms with E-state index in [4.69, 9.17) is 5.73 Å². The number of hydrogen-bond acceptors (Lipinski definition) is 2. The lowest BCUT2D eigenvalue weighted by Gasteiger charge is -1.99. The zero-order valence-corrected chi connectivity index (χ0v) is 7.81. The van der Waals surface area contributed by atoms with E-state index in [-0.39, 0.29) is 5.91 Å². The molecule has 0 aliphatic heterocycles. The van der Waals surface area contributed by atoms with Crippen molar-refractivity contribution < 1.29 is 4.79 Å². The van der Waals surface area contributed by atoms with Gasteiger partial charge in [-0.15, -0.1) is 0 Å². The van der Waals surface area contributed by atoms with E-state index in [0.29, 0.717) is 13.0 Å². The molecule has 0 saturated heterocycles. The third-order valence-electron chi connectivity index (χ3n) is 0.944. The molecule has 0 aliphatic carbocycles. The maximum atomic E-state index is 10.6. The fourth-order valence-corrected chi connectivity index (χ4v) is 0.484. The van der Waals surface area contributed by atoms with Gasteiger partial charge in [0.25, 0.3) is 0 Å². The van der Waals surface area contributed by atoms with Gasteiger partial charge < -0.3 is 11.1 Å². The number of amides is 1. The Bertz CT molecular complexity index is 84.2. The van der Waals surface area contributed by atoms with Crippen LogP contribution in [-0.2, 0) is 4.79 Å². The van der Waals surface area contributed by atoms with E-state index in [0.717, 1.165) is 13.0 Å². The van der Waals surface area contributed by atoms with E-state index >= 15 is 0 Å². The van der Waals surface area contributed by atoms with Crippen molar-refractivity contribution in [1.29, 1.82) is 0 Å². The lowest BCUT2D eigenvalue weighted by molar-refractivity contribution is -0.120. The van der Waals surface area contributed by atoms with Crippen LogP contribution in [0.3, 0.4) is 0 Å². The van der Waals surface area contributed by atoms with Crippen LogP contribution >= 0.6 is 0 Å². The molecule has 3 heteroatoms. The molecule has 3 N–H and O–H groups in total. The van der Waals surface area contributed by atoms with Gasteiger partial charge >= 0.3 is 0 Å². The maximum Gasteiger partial charge on any atom is 0.221 e. The van der Waals surface area contributed by atoms with Crippen LogP contribution in [0.15, 0.2) is 0 Å². The lowest BCUT2D eigenvalue weighted by Crippen LogP contribution is -2.25. The molecule has 11 heavy (non-hydrogen) atoms. The van der Waals surface area contributed by atoms with Crippen LogP contribution in [0, 0.1) is 0 Å². The highest BCUT2D eigenvalue weighted by molar-refractivity contribution is 5.75. The van der Waals surface area contributed by atoms with Crippen LogP contribution in [0.4, 0.5) is 0 Å². The minimum atomic E-state index is 0.0550. The Kier molecular flexibility index (Phi) is 14.4. The quantitative estimate of drug-likeness (QED) is 0.641. The molecule has 1 amide bonds. The Morgan fingerprint density at radius 2 is 2.00 bits per heavy atom. The molecule has 0 radical (unpaired) electrons. The summed E-state index contributed by atoms with van der Waals surface area (Å²) < 4.78 is 0. The van der Waals surface area contributed by atoms with Crippen LogP contribution < -0.4 is 11.1 Å². The molecule has 0 heterocycles. The zero-order valence-electron chi connectivity index (χ0n) is 7.81. The van der Waals surface area contributed by atoms with Gasteiger partial charge in [-0.2, -0.15) is 0 Å². The second kappa shape index (κ2) is 12.1. The van der Waals surface area contributed by atoms with Crippen molar-refractivity contribution in [2.45, 2.75) is 33.6 Å². The first kappa shape index (κ1) is 13.1. The summed E-state index contributed by atoms with van der Waals surface area (Å²) in [5, 5.41) is 2.71. The molecular weight excluding hydrogens is 140 g/mol. The minimum Gasteiger partial charge on any atom is -0.356 e. The average Bonchev–Trinajstić information content (AvgIpc) is 2.05. The van der Waals surface area contributed by atoms with Crippen LogP contribution in [0.25, 0.3) is 0 Å². The molecule has 0 saturated carbocycles. The van der Waals surface area contributed by atoms with Crippen molar-refractivity contribution >= 4 is 5.91 Å². The second-order valence-corrected chi connectivity index (χ2v) is 1.89. The largest absolute Gasteiger partial charge is 0.356 e. The average molecular weight is 160 g/mol. The van der Waals surface area contributed by atoms with Gasteiger partial charge in [0.1, 0.15) is 0 Å². The van der Waals surface area contributed by atoms with Crippen molar-refractivity contribution in [2.24, 2.45) is 5.73 Å². The molecule has 0 rings (SSSR count). The van der Waals surface area contributed by atoms with Gasteiger partial charge in [0.15, 0.2) is 0 Å². The van der Waals surface area contributed by atoms with Crippen molar-refractivity contribution in [3.63, 3.8) is 0 Å². The van der Waals surface area contributed by atoms with E-state index in [2.05, 4.69) is 5.32 Å². The molecular formula is C8H20N2O. The van der Waals surface area contributed by atoms with Gasteiger partial charge in [-0.25, -0.2) is 0 Å². The predicted octanol–water partition coefficient (Wildman–Crippen LogP) is 0.888. The fraction of sp³-hybridized carbons (Fsp3) is 0.875. The highest BCUT2D eigenvalue weighted by Gasteiger charge is 1.94. The van der Waals surface area contributed by atoms with Gasteiger partial charge in [-0.05, 0) is 6.42 Å². The molecule has 0 bridgehead atoms. The molecule has 0 aromatic heterocycles. The fourth-order valence-electron chi connectivity index (χ4n) is 0.484. The summed E-state index contributed by atoms with van der Waals surface area (Å²) in [5.74, 6) is 0.0550. The van der Waals surface area contributed by atoms with Gasteiger partial charge in [0.2, 0.25) is 5.91 Å². The Hall–Kier alpha value is -0.570. The molecule has 0 atom stereocenters. The minimum absolute atomic E-state index is 0.0550. The lowest BCUT2D eigenvalue weighted by atomic mass is 10.4. The summed E-state index contributed by atoms with van der Waals surface area (Å²) in [4.78, 5) is 10.6. The first-order valence-electron chi connectivity index (χ1n) is 4.28. The zero-order chi connectivity index (χ0) is 9.11. The maximum absolute atomic E-state index is 10.6. The number of carbonyl (C=O) groups is 1. The van der Waals surface area contributed by atoms with Crippen LogP contribution in [0.5, 0.6) is 0 Å². The molecule has 0 unspecified atom stereocenters. The molecule has 0 fully saturated rings. The predicted molar refractivity (Wildman–Crippen MR) is 48.3 cm³/mol. The van der Waals surface area contributed by atoms with Gasteiger partial charge in [-0.1, -0.05) is 20.8 Å². The first-order chi connectivity index (χ1) is 5.31. The third kappa shape index (κ3) is 12.6. The molecule has 0 aromatic carbocycles. The Labute approximate surface area is 69.4 Å². The van der Waals surface area contributed by atoms with Crippen LogP contribution in [-0.4, -0.2) is 19.0 Å². The van der Waals surface area contributed by atoms with E-state index in [1.165, 1.54) is 0 Å². The summed E-state index contributed by atoms with van der Waals surface area (Å²) >= 11 is 0. The number of carbonyl (C=O) groups excluding carboxylic acids is 1. The van der Waals surface area contributed by atoms with E-state index < -0.39 is 0 Å². The van der Waals surface area contributed by atoms with Crippen molar-refractivity contribution in [3.05, 3.63) is 0 Å². The molecule has 68 valence electrons. The number of rotatable bonds is 4. The Balaban J connectivity index is 0. The normalized spacial score (nSPS) is 8.00. The van der Waals surface area contributed by atoms with Crippen LogP contribution in [0.1, 0.15) is 33.6 Å².